The Balaban J connectivity index is 1.63. The van der Waals surface area contributed by atoms with E-state index in [9.17, 15) is 13.2 Å². The summed E-state index contributed by atoms with van der Waals surface area (Å²) < 4.78 is 36.7. The molecular formula is C18H18N2O5S. The summed E-state index contributed by atoms with van der Waals surface area (Å²) in [5.41, 5.74) is 1.30. The maximum Gasteiger partial charge on any atom is 0.248 e. The first-order valence-corrected chi connectivity index (χ1v) is 9.45. The second-order valence-electron chi connectivity index (χ2n) is 5.46. The number of carbonyl (C=O) groups excluding carboxylic acids is 1. The molecule has 0 aromatic heterocycles. The fourth-order valence-corrected chi connectivity index (χ4v) is 3.40. The molecule has 0 saturated heterocycles. The highest BCUT2D eigenvalue weighted by Gasteiger charge is 2.14. The first-order valence-electron chi connectivity index (χ1n) is 7.96. The van der Waals surface area contributed by atoms with E-state index < -0.39 is 10.0 Å². The van der Waals surface area contributed by atoms with E-state index in [0.29, 0.717) is 29.3 Å². The quantitative estimate of drug-likeness (QED) is 0.757. The summed E-state index contributed by atoms with van der Waals surface area (Å²) in [6.07, 6.45) is 2.98. The van der Waals surface area contributed by atoms with Crippen molar-refractivity contribution in [2.75, 3.05) is 18.7 Å². The Hall–Kier alpha value is -2.84. The number of ether oxygens (including phenoxy) is 2. The van der Waals surface area contributed by atoms with Crippen LogP contribution in [0.25, 0.3) is 6.08 Å². The molecule has 8 heteroatoms. The summed E-state index contributed by atoms with van der Waals surface area (Å²) >= 11 is 0. The zero-order chi connectivity index (χ0) is 18.6. The van der Waals surface area contributed by atoms with Crippen LogP contribution < -0.4 is 19.5 Å². The van der Waals surface area contributed by atoms with Crippen molar-refractivity contribution in [3.05, 3.63) is 54.1 Å². The summed E-state index contributed by atoms with van der Waals surface area (Å²) in [6.45, 7) is 2.21. The van der Waals surface area contributed by atoms with Gasteiger partial charge in [0.1, 0.15) is 0 Å². The SMILES string of the molecule is CCNS(=O)(=O)c1ccc(/C=C/C(=O)Nc2ccc3c(c2)OCO3)cc1. The average Bonchev–Trinajstić information content (AvgIpc) is 3.08. The predicted molar refractivity (Wildman–Crippen MR) is 97.5 cm³/mol. The Kier molecular flexibility index (Phi) is 5.24. The van der Waals surface area contributed by atoms with Crippen LogP contribution in [0.5, 0.6) is 11.5 Å². The van der Waals surface area contributed by atoms with Gasteiger partial charge in [-0.25, -0.2) is 13.1 Å². The van der Waals surface area contributed by atoms with E-state index in [2.05, 4.69) is 10.0 Å². The lowest BCUT2D eigenvalue weighted by Crippen LogP contribution is -2.22. The molecule has 0 aliphatic carbocycles. The number of hydrogen-bond donors (Lipinski definition) is 2. The van der Waals surface area contributed by atoms with Crippen molar-refractivity contribution in [1.82, 2.24) is 4.72 Å². The van der Waals surface area contributed by atoms with E-state index in [1.165, 1.54) is 18.2 Å². The largest absolute Gasteiger partial charge is 0.454 e. The van der Waals surface area contributed by atoms with Gasteiger partial charge >= 0.3 is 0 Å². The third-order valence-corrected chi connectivity index (χ3v) is 5.15. The van der Waals surface area contributed by atoms with Crippen molar-refractivity contribution in [3.8, 4) is 11.5 Å². The number of sulfonamides is 1. The number of amides is 1. The Morgan fingerprint density at radius 1 is 1.12 bits per heavy atom. The Morgan fingerprint density at radius 2 is 1.85 bits per heavy atom. The van der Waals surface area contributed by atoms with Crippen molar-refractivity contribution >= 4 is 27.7 Å². The van der Waals surface area contributed by atoms with Gasteiger partial charge in [-0.2, -0.15) is 0 Å². The van der Waals surface area contributed by atoms with E-state index in [-0.39, 0.29) is 17.6 Å². The molecule has 1 amide bonds. The number of carbonyl (C=O) groups is 1. The maximum absolute atomic E-state index is 12.0. The minimum absolute atomic E-state index is 0.173. The van der Waals surface area contributed by atoms with Crippen LogP contribution in [0, 0.1) is 0 Å². The summed E-state index contributed by atoms with van der Waals surface area (Å²) in [7, 11) is -3.48. The number of fused-ring (bicyclic) bond motifs is 1. The molecule has 0 fully saturated rings. The van der Waals surface area contributed by atoms with Gasteiger partial charge in [0.2, 0.25) is 22.7 Å². The molecule has 26 heavy (non-hydrogen) atoms. The molecule has 2 aromatic rings. The summed E-state index contributed by atoms with van der Waals surface area (Å²) in [5, 5.41) is 2.73. The van der Waals surface area contributed by atoms with Crippen LogP contribution >= 0.6 is 0 Å². The van der Waals surface area contributed by atoms with Crippen LogP contribution in [0.4, 0.5) is 5.69 Å². The van der Waals surface area contributed by atoms with Crippen molar-refractivity contribution in [3.63, 3.8) is 0 Å². The molecule has 0 spiro atoms. The molecule has 1 aliphatic rings. The normalized spacial score (nSPS) is 13.1. The van der Waals surface area contributed by atoms with Crippen molar-refractivity contribution in [1.29, 1.82) is 0 Å². The molecule has 2 aromatic carbocycles. The van der Waals surface area contributed by atoms with Crippen LogP contribution in [-0.4, -0.2) is 27.7 Å². The van der Waals surface area contributed by atoms with Gasteiger partial charge in [0.15, 0.2) is 11.5 Å². The molecular weight excluding hydrogens is 356 g/mol. The van der Waals surface area contributed by atoms with E-state index in [0.717, 1.165) is 0 Å². The molecule has 0 radical (unpaired) electrons. The maximum atomic E-state index is 12.0. The predicted octanol–water partition coefficient (Wildman–Crippen LogP) is 2.37. The number of rotatable bonds is 6. The van der Waals surface area contributed by atoms with Crippen molar-refractivity contribution < 1.29 is 22.7 Å². The highest BCUT2D eigenvalue weighted by molar-refractivity contribution is 7.89. The average molecular weight is 374 g/mol. The molecule has 136 valence electrons. The first kappa shape index (κ1) is 18.0. The third-order valence-electron chi connectivity index (χ3n) is 3.59. The van der Waals surface area contributed by atoms with Crippen LogP contribution in [-0.2, 0) is 14.8 Å². The molecule has 1 aliphatic heterocycles. The summed E-state index contributed by atoms with van der Waals surface area (Å²) in [6, 6.07) is 11.4. The fourth-order valence-electron chi connectivity index (χ4n) is 2.36. The Bertz CT molecular complexity index is 937. The molecule has 0 unspecified atom stereocenters. The first-order chi connectivity index (χ1) is 12.5. The van der Waals surface area contributed by atoms with Gasteiger partial charge in [0.05, 0.1) is 4.90 Å². The van der Waals surface area contributed by atoms with Crippen LogP contribution in [0.3, 0.4) is 0 Å². The van der Waals surface area contributed by atoms with E-state index in [1.807, 2.05) is 0 Å². The highest BCUT2D eigenvalue weighted by Crippen LogP contribution is 2.34. The smallest absolute Gasteiger partial charge is 0.248 e. The monoisotopic (exact) mass is 374 g/mol. The van der Waals surface area contributed by atoms with Gasteiger partial charge in [-0.05, 0) is 35.9 Å². The standard InChI is InChI=1S/C18H18N2O5S/c1-2-19-26(22,23)15-7-3-13(4-8-15)5-10-18(21)20-14-6-9-16-17(11-14)25-12-24-16/h3-11,19H,2,12H2,1H3,(H,20,21)/b10-5+. The van der Waals surface area contributed by atoms with E-state index >= 15 is 0 Å². The molecule has 1 heterocycles. The molecule has 0 bridgehead atoms. The minimum atomic E-state index is -3.48. The zero-order valence-corrected chi connectivity index (χ0v) is 14.9. The number of hydrogen-bond acceptors (Lipinski definition) is 5. The molecule has 0 saturated carbocycles. The van der Waals surface area contributed by atoms with Gasteiger partial charge in [-0.15, -0.1) is 0 Å². The molecule has 7 nitrogen and oxygen atoms in total. The third kappa shape index (κ3) is 4.22. The van der Waals surface area contributed by atoms with E-state index in [4.69, 9.17) is 9.47 Å². The Morgan fingerprint density at radius 3 is 2.58 bits per heavy atom. The second-order valence-corrected chi connectivity index (χ2v) is 7.23. The topological polar surface area (TPSA) is 93.7 Å². The van der Waals surface area contributed by atoms with Crippen LogP contribution in [0.2, 0.25) is 0 Å². The summed E-state index contributed by atoms with van der Waals surface area (Å²) in [4.78, 5) is 12.2. The fraction of sp³-hybridized carbons (Fsp3) is 0.167. The lowest BCUT2D eigenvalue weighted by atomic mass is 10.2. The molecule has 3 rings (SSSR count). The van der Waals surface area contributed by atoms with Gasteiger partial charge < -0.3 is 14.8 Å². The number of nitrogens with one attached hydrogen (secondary N) is 2. The van der Waals surface area contributed by atoms with Gasteiger partial charge in [-0.1, -0.05) is 19.1 Å². The molecule has 0 atom stereocenters. The van der Waals surface area contributed by atoms with Crippen LogP contribution in [0.1, 0.15) is 12.5 Å². The second kappa shape index (κ2) is 7.59. The zero-order valence-electron chi connectivity index (χ0n) is 14.1. The van der Waals surface area contributed by atoms with Gasteiger partial charge in [0, 0.05) is 24.4 Å². The molecule has 2 N–H and O–H groups in total. The van der Waals surface area contributed by atoms with Crippen LogP contribution in [0.15, 0.2) is 53.4 Å². The van der Waals surface area contributed by atoms with E-state index in [1.54, 1.807) is 43.3 Å². The van der Waals surface area contributed by atoms with Gasteiger partial charge in [0.25, 0.3) is 0 Å². The van der Waals surface area contributed by atoms with Crippen molar-refractivity contribution in [2.45, 2.75) is 11.8 Å². The summed E-state index contributed by atoms with van der Waals surface area (Å²) in [5.74, 6) is 0.920. The van der Waals surface area contributed by atoms with Crippen molar-refractivity contribution in [2.24, 2.45) is 0 Å². The minimum Gasteiger partial charge on any atom is -0.454 e. The number of anilines is 1. The number of benzene rings is 2. The highest BCUT2D eigenvalue weighted by atomic mass is 32.2. The lowest BCUT2D eigenvalue weighted by molar-refractivity contribution is -0.111. The lowest BCUT2D eigenvalue weighted by Gasteiger charge is -2.05. The van der Waals surface area contributed by atoms with Gasteiger partial charge in [-0.3, -0.25) is 4.79 Å². The Labute approximate surface area is 151 Å².